The number of terminal acetylenes is 1. The summed E-state index contributed by atoms with van der Waals surface area (Å²) in [5.74, 6) is 2.13. The first kappa shape index (κ1) is 14.6. The maximum atomic E-state index is 12.1. The van der Waals surface area contributed by atoms with E-state index in [0.29, 0.717) is 18.9 Å². The number of amides is 1. The van der Waals surface area contributed by atoms with Gasteiger partial charge in [0, 0.05) is 6.54 Å². The minimum absolute atomic E-state index is 0.340. The third-order valence-electron chi connectivity index (χ3n) is 2.89. The fourth-order valence-corrected chi connectivity index (χ4v) is 2.04. The molecule has 0 aromatic heterocycles. The molecule has 1 aliphatic rings. The summed E-state index contributed by atoms with van der Waals surface area (Å²) in [6.45, 7) is 7.98. The Labute approximate surface area is 109 Å². The molecule has 0 aromatic carbocycles. The maximum Gasteiger partial charge on any atom is 0.410 e. The van der Waals surface area contributed by atoms with Gasteiger partial charge in [0.15, 0.2) is 0 Å². The van der Waals surface area contributed by atoms with Crippen molar-refractivity contribution in [1.29, 1.82) is 0 Å². The molecule has 0 radical (unpaired) electrons. The molecule has 0 spiro atoms. The van der Waals surface area contributed by atoms with Crippen molar-refractivity contribution in [3.05, 3.63) is 0 Å². The lowest BCUT2D eigenvalue weighted by Crippen LogP contribution is -2.51. The van der Waals surface area contributed by atoms with Crippen LogP contribution in [0.15, 0.2) is 0 Å². The van der Waals surface area contributed by atoms with Gasteiger partial charge in [-0.1, -0.05) is 6.92 Å². The fourth-order valence-electron chi connectivity index (χ4n) is 2.04. The third kappa shape index (κ3) is 3.76. The first-order valence-electron chi connectivity index (χ1n) is 6.24. The Bertz CT molecular complexity index is 375. The number of ether oxygens (including phenoxy) is 1. The van der Waals surface area contributed by atoms with Crippen LogP contribution in [0.5, 0.6) is 0 Å². The van der Waals surface area contributed by atoms with Gasteiger partial charge in [0.05, 0.1) is 0 Å². The average molecular weight is 251 g/mol. The molecule has 1 fully saturated rings. The van der Waals surface area contributed by atoms with Crippen LogP contribution in [0, 0.1) is 18.3 Å². The molecule has 0 saturated carbocycles. The quantitative estimate of drug-likeness (QED) is 0.530. The Morgan fingerprint density at radius 1 is 1.33 bits per heavy atom. The molecule has 2 atom stereocenters. The van der Waals surface area contributed by atoms with E-state index in [4.69, 9.17) is 11.2 Å². The number of carbonyl (C=O) groups excluding carboxylic acids is 2. The third-order valence-corrected chi connectivity index (χ3v) is 2.89. The van der Waals surface area contributed by atoms with Crippen molar-refractivity contribution in [3.63, 3.8) is 0 Å². The van der Waals surface area contributed by atoms with E-state index >= 15 is 0 Å². The number of piperidine rings is 1. The molecule has 1 heterocycles. The number of nitrogens with zero attached hydrogens (tertiary/aromatic N) is 1. The predicted octanol–water partition coefficient (Wildman–Crippen LogP) is 2.22. The van der Waals surface area contributed by atoms with Gasteiger partial charge in [-0.15, -0.1) is 6.42 Å². The molecule has 1 saturated heterocycles. The van der Waals surface area contributed by atoms with E-state index in [9.17, 15) is 9.59 Å². The Morgan fingerprint density at radius 2 is 1.94 bits per heavy atom. The molecule has 0 aromatic rings. The average Bonchev–Trinajstić information content (AvgIpc) is 2.25. The highest BCUT2D eigenvalue weighted by atomic mass is 16.6. The van der Waals surface area contributed by atoms with E-state index in [1.165, 1.54) is 4.90 Å². The van der Waals surface area contributed by atoms with Gasteiger partial charge in [-0.05, 0) is 45.5 Å². The lowest BCUT2D eigenvalue weighted by atomic mass is 9.92. The van der Waals surface area contributed by atoms with Crippen molar-refractivity contribution in [2.24, 2.45) is 5.92 Å². The van der Waals surface area contributed by atoms with Gasteiger partial charge in [-0.3, -0.25) is 9.69 Å². The summed E-state index contributed by atoms with van der Waals surface area (Å²) >= 11 is 0. The maximum absolute atomic E-state index is 12.1. The van der Waals surface area contributed by atoms with Crippen LogP contribution in [-0.4, -0.2) is 35.0 Å². The highest BCUT2D eigenvalue weighted by Gasteiger charge is 2.36. The summed E-state index contributed by atoms with van der Waals surface area (Å²) in [7, 11) is 0. The molecule has 0 N–H and O–H groups in total. The zero-order valence-corrected chi connectivity index (χ0v) is 11.5. The monoisotopic (exact) mass is 251 g/mol. The highest BCUT2D eigenvalue weighted by Crippen LogP contribution is 2.24. The summed E-state index contributed by atoms with van der Waals surface area (Å²) in [5, 5.41) is 0. The number of hydrogen-bond donors (Lipinski definition) is 0. The van der Waals surface area contributed by atoms with E-state index < -0.39 is 17.7 Å². The second-order valence-electron chi connectivity index (χ2n) is 5.84. The molecule has 1 aliphatic heterocycles. The number of rotatable bonds is 1. The summed E-state index contributed by atoms with van der Waals surface area (Å²) in [5.41, 5.74) is -0.568. The number of hydrogen-bond acceptors (Lipinski definition) is 3. The molecule has 100 valence electrons. The van der Waals surface area contributed by atoms with Gasteiger partial charge in [-0.25, -0.2) is 4.79 Å². The Hall–Kier alpha value is -1.50. The van der Waals surface area contributed by atoms with Crippen molar-refractivity contribution in [3.8, 4) is 12.3 Å². The van der Waals surface area contributed by atoms with Gasteiger partial charge in [-0.2, -0.15) is 0 Å². The number of Topliss-reactive ketones (excluding diaryl/α,β-unsaturated/α-hetero) is 1. The van der Waals surface area contributed by atoms with E-state index in [1.54, 1.807) is 20.8 Å². The smallest absolute Gasteiger partial charge is 0.410 e. The van der Waals surface area contributed by atoms with E-state index in [0.717, 1.165) is 6.42 Å². The predicted molar refractivity (Wildman–Crippen MR) is 69.0 cm³/mol. The van der Waals surface area contributed by atoms with Crippen LogP contribution in [0.25, 0.3) is 0 Å². The van der Waals surface area contributed by atoms with Gasteiger partial charge < -0.3 is 4.74 Å². The largest absolute Gasteiger partial charge is 0.444 e. The molecule has 4 nitrogen and oxygen atoms in total. The lowest BCUT2D eigenvalue weighted by molar-refractivity contribution is -0.120. The van der Waals surface area contributed by atoms with Crippen LogP contribution < -0.4 is 0 Å². The molecule has 1 rings (SSSR count). The van der Waals surface area contributed by atoms with E-state index in [1.807, 2.05) is 6.92 Å². The van der Waals surface area contributed by atoms with Crippen molar-refractivity contribution < 1.29 is 14.3 Å². The lowest BCUT2D eigenvalue weighted by Gasteiger charge is -2.37. The second-order valence-corrected chi connectivity index (χ2v) is 5.84. The van der Waals surface area contributed by atoms with Crippen molar-refractivity contribution in [2.45, 2.75) is 52.2 Å². The molecule has 0 bridgehead atoms. The van der Waals surface area contributed by atoms with Crippen molar-refractivity contribution in [2.75, 3.05) is 6.54 Å². The number of ketones is 1. The van der Waals surface area contributed by atoms with Gasteiger partial charge in [0.2, 0.25) is 5.78 Å². The molecule has 18 heavy (non-hydrogen) atoms. The SMILES string of the molecule is C#CC(=O)C1CCC(C)CN1C(=O)OC(C)(C)C. The molecule has 0 aliphatic carbocycles. The summed E-state index contributed by atoms with van der Waals surface area (Å²) in [6.07, 6.45) is 6.21. The summed E-state index contributed by atoms with van der Waals surface area (Å²) in [4.78, 5) is 25.2. The van der Waals surface area contributed by atoms with Crippen molar-refractivity contribution in [1.82, 2.24) is 4.90 Å². The number of carbonyl (C=O) groups is 2. The topological polar surface area (TPSA) is 46.6 Å². The van der Waals surface area contributed by atoms with E-state index in [-0.39, 0.29) is 5.78 Å². The van der Waals surface area contributed by atoms with Crippen LogP contribution in [-0.2, 0) is 9.53 Å². The Balaban J connectivity index is 2.83. The molecule has 2 unspecified atom stereocenters. The second kappa shape index (κ2) is 5.43. The molecular formula is C14H21NO3. The fraction of sp³-hybridized carbons (Fsp3) is 0.714. The summed E-state index contributed by atoms with van der Waals surface area (Å²) in [6, 6.07) is -0.527. The Kier molecular flexibility index (Phi) is 4.39. The molecule has 4 heteroatoms. The minimum atomic E-state index is -0.568. The summed E-state index contributed by atoms with van der Waals surface area (Å²) < 4.78 is 5.32. The Morgan fingerprint density at radius 3 is 2.44 bits per heavy atom. The van der Waals surface area contributed by atoms with Crippen LogP contribution in [0.3, 0.4) is 0 Å². The zero-order chi connectivity index (χ0) is 13.9. The van der Waals surface area contributed by atoms with Crippen LogP contribution in [0.2, 0.25) is 0 Å². The molecular weight excluding hydrogens is 230 g/mol. The van der Waals surface area contributed by atoms with Gasteiger partial charge >= 0.3 is 6.09 Å². The van der Waals surface area contributed by atoms with Crippen LogP contribution in [0.4, 0.5) is 4.79 Å². The van der Waals surface area contributed by atoms with Gasteiger partial charge in [0.25, 0.3) is 0 Å². The first-order chi connectivity index (χ1) is 8.24. The van der Waals surface area contributed by atoms with Crippen LogP contribution >= 0.6 is 0 Å². The minimum Gasteiger partial charge on any atom is -0.444 e. The van der Waals surface area contributed by atoms with E-state index in [2.05, 4.69) is 5.92 Å². The molecule has 1 amide bonds. The zero-order valence-electron chi connectivity index (χ0n) is 11.5. The van der Waals surface area contributed by atoms with Gasteiger partial charge in [0.1, 0.15) is 11.6 Å². The first-order valence-corrected chi connectivity index (χ1v) is 6.24. The van der Waals surface area contributed by atoms with Crippen molar-refractivity contribution >= 4 is 11.9 Å². The standard InChI is InChI=1S/C14H21NO3/c1-6-12(16)11-8-7-10(2)9-15(11)13(17)18-14(3,4)5/h1,10-11H,7-9H2,2-5H3. The normalized spacial score (nSPS) is 24.3. The number of likely N-dealkylation sites (tertiary alicyclic amines) is 1. The van der Waals surface area contributed by atoms with Crippen LogP contribution in [0.1, 0.15) is 40.5 Å². The highest BCUT2D eigenvalue weighted by molar-refractivity contribution is 6.00.